The van der Waals surface area contributed by atoms with Gasteiger partial charge in [0.1, 0.15) is 0 Å². The van der Waals surface area contributed by atoms with Gasteiger partial charge in [0, 0.05) is 27.7 Å². The second kappa shape index (κ2) is 2.89. The van der Waals surface area contributed by atoms with Gasteiger partial charge in [-0.15, -0.1) is 0 Å². The van der Waals surface area contributed by atoms with E-state index in [4.69, 9.17) is 0 Å². The SMILES string of the molecule is [CH2-][OH+]C(C)(C)C(C)(C)[OH+][CH2-]. The molecule has 2 nitrogen and oxygen atoms in total. The highest BCUT2D eigenvalue weighted by molar-refractivity contribution is 4.87. The van der Waals surface area contributed by atoms with Crippen LogP contribution in [-0.2, 0) is 0 Å². The van der Waals surface area contributed by atoms with Crippen LogP contribution in [0.25, 0.3) is 0 Å². The van der Waals surface area contributed by atoms with Gasteiger partial charge in [-0.1, -0.05) is 14.2 Å². The molecule has 0 fully saturated rings. The van der Waals surface area contributed by atoms with Gasteiger partial charge in [-0.2, -0.15) is 0 Å². The fourth-order valence-corrected chi connectivity index (χ4v) is 0.387. The first-order chi connectivity index (χ1) is 4.37. The van der Waals surface area contributed by atoms with Crippen LogP contribution in [0, 0.1) is 14.2 Å². The second-order valence-corrected chi connectivity index (χ2v) is 3.43. The van der Waals surface area contributed by atoms with E-state index < -0.39 is 0 Å². The molecule has 0 heterocycles. The third kappa shape index (κ3) is 1.70. The van der Waals surface area contributed by atoms with Crippen molar-refractivity contribution in [2.24, 2.45) is 0 Å². The molecule has 0 saturated carbocycles. The van der Waals surface area contributed by atoms with Gasteiger partial charge in [0.2, 0.25) is 11.2 Å². The van der Waals surface area contributed by atoms with E-state index in [1.54, 1.807) is 0 Å². The maximum atomic E-state index is 3.98. The Morgan fingerprint density at radius 3 is 1.10 bits per heavy atom. The van der Waals surface area contributed by atoms with Crippen molar-refractivity contribution in [3.63, 3.8) is 0 Å². The lowest BCUT2D eigenvalue weighted by molar-refractivity contribution is -0.254. The normalized spacial score (nSPS) is 13.8. The third-order valence-corrected chi connectivity index (χ3v) is 2.29. The average molecular weight is 146 g/mol. The molecule has 10 heavy (non-hydrogen) atoms. The molecule has 0 aromatic carbocycles. The quantitative estimate of drug-likeness (QED) is 0.422. The van der Waals surface area contributed by atoms with E-state index in [-0.39, 0.29) is 11.2 Å². The molecule has 0 saturated heterocycles. The molecule has 0 aliphatic heterocycles. The largest absolute Gasteiger partial charge is 0.572 e. The first-order valence-corrected chi connectivity index (χ1v) is 3.33. The van der Waals surface area contributed by atoms with E-state index in [0.29, 0.717) is 0 Å². The van der Waals surface area contributed by atoms with Crippen molar-refractivity contribution in [3.05, 3.63) is 14.2 Å². The molecule has 0 aliphatic rings. The molecule has 0 unspecified atom stereocenters. The minimum Gasteiger partial charge on any atom is -0.572 e. The van der Waals surface area contributed by atoms with Crippen LogP contribution in [0.1, 0.15) is 27.7 Å². The molecular weight excluding hydrogens is 128 g/mol. The van der Waals surface area contributed by atoms with E-state index in [9.17, 15) is 0 Å². The highest BCUT2D eigenvalue weighted by Crippen LogP contribution is 2.24. The van der Waals surface area contributed by atoms with Crippen molar-refractivity contribution in [2.75, 3.05) is 0 Å². The summed E-state index contributed by atoms with van der Waals surface area (Å²) in [4.78, 5) is 0. The van der Waals surface area contributed by atoms with Crippen LogP contribution >= 0.6 is 0 Å². The van der Waals surface area contributed by atoms with Gasteiger partial charge in [-0.3, -0.25) is 0 Å². The van der Waals surface area contributed by atoms with E-state index >= 15 is 0 Å². The monoisotopic (exact) mass is 146 g/mol. The van der Waals surface area contributed by atoms with Crippen LogP contribution in [0.4, 0.5) is 0 Å². The lowest BCUT2D eigenvalue weighted by Crippen LogP contribution is -2.50. The lowest BCUT2D eigenvalue weighted by atomic mass is 9.89. The van der Waals surface area contributed by atoms with Crippen molar-refractivity contribution in [2.45, 2.75) is 38.9 Å². The molecule has 0 aromatic heterocycles. The fourth-order valence-electron chi connectivity index (χ4n) is 0.387. The van der Waals surface area contributed by atoms with Gasteiger partial charge in [0.15, 0.2) is 0 Å². The molecular formula is C8H18O2. The summed E-state index contributed by atoms with van der Waals surface area (Å²) >= 11 is 0. The zero-order chi connectivity index (χ0) is 8.41. The van der Waals surface area contributed by atoms with E-state index in [2.05, 4.69) is 23.7 Å². The average Bonchev–Trinajstić information content (AvgIpc) is 1.88. The smallest absolute Gasteiger partial charge is 0.205 e. The fraction of sp³-hybridized carbons (Fsp3) is 0.750. The summed E-state index contributed by atoms with van der Waals surface area (Å²) in [6, 6.07) is 0. The Hall–Kier alpha value is -0.0800. The number of hydrogen-bond acceptors (Lipinski definition) is 0. The Bertz CT molecular complexity index is 91.8. The van der Waals surface area contributed by atoms with E-state index in [1.165, 1.54) is 0 Å². The first-order valence-electron chi connectivity index (χ1n) is 3.33. The number of rotatable bonds is 3. The van der Waals surface area contributed by atoms with Crippen molar-refractivity contribution in [1.29, 1.82) is 0 Å². The predicted octanol–water partition coefficient (Wildman–Crippen LogP) is 1.18. The molecule has 0 radical (unpaired) electrons. The van der Waals surface area contributed by atoms with Gasteiger partial charge < -0.3 is 9.47 Å². The Morgan fingerprint density at radius 2 is 1.00 bits per heavy atom. The van der Waals surface area contributed by atoms with Crippen LogP contribution in [0.2, 0.25) is 0 Å². The zero-order valence-corrected chi connectivity index (χ0v) is 7.31. The Morgan fingerprint density at radius 1 is 0.800 bits per heavy atom. The standard InChI is InChI=1S/C8H18O2/c1-7(2,9-5)8(3,4)10-6/h9-10H,5-6H2,1-4H3. The summed E-state index contributed by atoms with van der Waals surface area (Å²) in [5.41, 5.74) is -0.455. The van der Waals surface area contributed by atoms with Crippen LogP contribution in [0.5, 0.6) is 0 Å². The van der Waals surface area contributed by atoms with Crippen molar-refractivity contribution >= 4 is 0 Å². The summed E-state index contributed by atoms with van der Waals surface area (Å²) in [6.07, 6.45) is 0. The number of ether oxygens (including phenoxy) is 2. The van der Waals surface area contributed by atoms with Crippen molar-refractivity contribution in [3.8, 4) is 0 Å². The number of aliphatic hydroxyl groups is 4. The first kappa shape index (κ1) is 9.92. The second-order valence-electron chi connectivity index (χ2n) is 3.43. The lowest BCUT2D eigenvalue weighted by Gasteiger charge is -2.37. The summed E-state index contributed by atoms with van der Waals surface area (Å²) in [6.45, 7) is 7.98. The van der Waals surface area contributed by atoms with Crippen LogP contribution in [-0.4, -0.2) is 20.7 Å². The van der Waals surface area contributed by atoms with Crippen LogP contribution in [0.3, 0.4) is 0 Å². The molecule has 0 aromatic rings. The maximum Gasteiger partial charge on any atom is 0.205 e. The predicted molar refractivity (Wildman–Crippen MR) is 43.3 cm³/mol. The van der Waals surface area contributed by atoms with Gasteiger partial charge in [0.25, 0.3) is 0 Å². The van der Waals surface area contributed by atoms with Crippen LogP contribution in [0.15, 0.2) is 0 Å². The summed E-state index contributed by atoms with van der Waals surface area (Å²) in [5.74, 6) is 0. The molecule has 0 spiro atoms. The molecule has 0 rings (SSSR count). The minimum absolute atomic E-state index is 0.227. The summed E-state index contributed by atoms with van der Waals surface area (Å²) < 4.78 is 7.96. The summed E-state index contributed by atoms with van der Waals surface area (Å²) in [7, 11) is 7.02. The Balaban J connectivity index is 4.28. The molecule has 0 atom stereocenters. The highest BCUT2D eigenvalue weighted by atomic mass is 16.5. The van der Waals surface area contributed by atoms with Crippen molar-refractivity contribution in [1.82, 2.24) is 0 Å². The van der Waals surface area contributed by atoms with E-state index in [0.717, 1.165) is 0 Å². The van der Waals surface area contributed by atoms with E-state index in [1.807, 2.05) is 27.7 Å². The van der Waals surface area contributed by atoms with Crippen LogP contribution < -0.4 is 0 Å². The van der Waals surface area contributed by atoms with Gasteiger partial charge in [-0.05, 0) is 0 Å². The number of hydrogen-bond donors (Lipinski definition) is 0. The van der Waals surface area contributed by atoms with Crippen molar-refractivity contribution < 1.29 is 9.47 Å². The molecule has 0 aliphatic carbocycles. The topological polar surface area (TPSA) is 25.6 Å². The molecule has 0 bridgehead atoms. The molecule has 0 amide bonds. The summed E-state index contributed by atoms with van der Waals surface area (Å²) in [5, 5.41) is 0. The maximum absolute atomic E-state index is 3.98. The minimum atomic E-state index is -0.227. The third-order valence-electron chi connectivity index (χ3n) is 2.29. The Kier molecular flexibility index (Phi) is 2.86. The van der Waals surface area contributed by atoms with Gasteiger partial charge >= 0.3 is 0 Å². The van der Waals surface area contributed by atoms with Gasteiger partial charge in [-0.25, -0.2) is 0 Å². The Labute approximate surface area is 63.5 Å². The molecule has 2 heteroatoms. The van der Waals surface area contributed by atoms with Gasteiger partial charge in [0.05, 0.1) is 0 Å². The molecule has 2 N–H and O–H groups in total. The highest BCUT2D eigenvalue weighted by Gasteiger charge is 2.43. The molecule has 62 valence electrons. The zero-order valence-electron chi connectivity index (χ0n) is 7.31.